The molecule has 1 rings (SSSR count). The van der Waals surface area contributed by atoms with Crippen LogP contribution >= 0.6 is 11.6 Å². The number of carboxylic acid groups (broad SMARTS) is 1. The van der Waals surface area contributed by atoms with Gasteiger partial charge < -0.3 is 10.4 Å². The smallest absolute Gasteiger partial charge is 0.317 e. The maximum Gasteiger partial charge on any atom is 0.317 e. The molecule has 3 nitrogen and oxygen atoms in total. The molecule has 2 N–H and O–H groups in total. The Bertz CT molecular complexity index is 310. The molecule has 76 valence electrons. The molecule has 4 heteroatoms. The van der Waals surface area contributed by atoms with Gasteiger partial charge in [0.1, 0.15) is 0 Å². The molecule has 0 aromatic heterocycles. The molecule has 0 aliphatic heterocycles. The molecule has 1 aromatic carbocycles. The van der Waals surface area contributed by atoms with E-state index in [1.165, 1.54) is 0 Å². The van der Waals surface area contributed by atoms with Crippen LogP contribution in [0.2, 0.25) is 5.02 Å². The predicted molar refractivity (Wildman–Crippen MR) is 55.5 cm³/mol. The molecule has 1 aromatic rings. The number of carboxylic acids is 1. The third-order valence-electron chi connectivity index (χ3n) is 1.93. The van der Waals surface area contributed by atoms with Crippen LogP contribution in [0, 0.1) is 0 Å². The van der Waals surface area contributed by atoms with Gasteiger partial charge in [0.2, 0.25) is 0 Å². The van der Waals surface area contributed by atoms with E-state index in [2.05, 4.69) is 5.32 Å². The zero-order chi connectivity index (χ0) is 10.6. The maximum absolute atomic E-state index is 10.3. The van der Waals surface area contributed by atoms with E-state index in [9.17, 15) is 4.79 Å². The van der Waals surface area contributed by atoms with Crippen LogP contribution in [0.1, 0.15) is 18.5 Å². The summed E-state index contributed by atoms with van der Waals surface area (Å²) in [6.45, 7) is 1.87. The van der Waals surface area contributed by atoms with Crippen molar-refractivity contribution in [3.63, 3.8) is 0 Å². The molecule has 0 bridgehead atoms. The Morgan fingerprint density at radius 1 is 1.50 bits per heavy atom. The zero-order valence-electron chi connectivity index (χ0n) is 7.83. The van der Waals surface area contributed by atoms with Crippen molar-refractivity contribution in [2.45, 2.75) is 13.0 Å². The standard InChI is InChI=1S/C10H12ClNO2/c1-7(12-6-10(13)14)8-2-4-9(11)5-3-8/h2-5,7,12H,6H2,1H3,(H,13,14)/t7-/m1/s1. The fraction of sp³-hybridized carbons (Fsp3) is 0.300. The normalized spacial score (nSPS) is 12.4. The van der Waals surface area contributed by atoms with Crippen molar-refractivity contribution in [1.29, 1.82) is 0 Å². The fourth-order valence-corrected chi connectivity index (χ4v) is 1.24. The van der Waals surface area contributed by atoms with E-state index in [0.29, 0.717) is 5.02 Å². The first-order valence-corrected chi connectivity index (χ1v) is 4.68. The summed E-state index contributed by atoms with van der Waals surface area (Å²) in [5, 5.41) is 12.0. The van der Waals surface area contributed by atoms with Gasteiger partial charge in [0.05, 0.1) is 6.54 Å². The van der Waals surface area contributed by atoms with E-state index in [1.54, 1.807) is 12.1 Å². The molecule has 0 aliphatic rings. The second-order valence-electron chi connectivity index (χ2n) is 3.05. The quantitative estimate of drug-likeness (QED) is 0.805. The first kappa shape index (κ1) is 11.0. The van der Waals surface area contributed by atoms with Gasteiger partial charge in [-0.2, -0.15) is 0 Å². The summed E-state index contributed by atoms with van der Waals surface area (Å²) < 4.78 is 0. The number of carbonyl (C=O) groups is 1. The van der Waals surface area contributed by atoms with Crippen molar-refractivity contribution in [1.82, 2.24) is 5.32 Å². The highest BCUT2D eigenvalue weighted by atomic mass is 35.5. The first-order chi connectivity index (χ1) is 6.59. The highest BCUT2D eigenvalue weighted by Gasteiger charge is 2.05. The predicted octanol–water partition coefficient (Wildman–Crippen LogP) is 2.08. The third kappa shape index (κ3) is 3.36. The van der Waals surface area contributed by atoms with E-state index >= 15 is 0 Å². The molecule has 0 heterocycles. The second kappa shape index (κ2) is 4.98. The van der Waals surface area contributed by atoms with E-state index in [-0.39, 0.29) is 12.6 Å². The third-order valence-corrected chi connectivity index (χ3v) is 2.18. The Hall–Kier alpha value is -1.06. The Labute approximate surface area is 87.7 Å². The molecule has 0 saturated heterocycles. The summed E-state index contributed by atoms with van der Waals surface area (Å²) in [6, 6.07) is 7.35. The first-order valence-electron chi connectivity index (χ1n) is 4.30. The molecule has 0 amide bonds. The van der Waals surface area contributed by atoms with Crippen LogP contribution in [0.5, 0.6) is 0 Å². The molecule has 1 atom stereocenters. The average Bonchev–Trinajstić information content (AvgIpc) is 2.15. The largest absolute Gasteiger partial charge is 0.480 e. The van der Waals surface area contributed by atoms with Gasteiger partial charge in [-0.25, -0.2) is 0 Å². The summed E-state index contributed by atoms with van der Waals surface area (Å²) in [5.41, 5.74) is 1.02. The van der Waals surface area contributed by atoms with Gasteiger partial charge in [0.25, 0.3) is 0 Å². The van der Waals surface area contributed by atoms with Crippen LogP contribution < -0.4 is 5.32 Å². The van der Waals surface area contributed by atoms with Gasteiger partial charge in [-0.1, -0.05) is 23.7 Å². The summed E-state index contributed by atoms with van der Waals surface area (Å²) in [4.78, 5) is 10.3. The monoisotopic (exact) mass is 213 g/mol. The summed E-state index contributed by atoms with van der Waals surface area (Å²) in [6.07, 6.45) is 0. The van der Waals surface area contributed by atoms with Gasteiger partial charge in [0.15, 0.2) is 0 Å². The van der Waals surface area contributed by atoms with Gasteiger partial charge >= 0.3 is 5.97 Å². The Morgan fingerprint density at radius 3 is 2.57 bits per heavy atom. The number of aliphatic carboxylic acids is 1. The summed E-state index contributed by atoms with van der Waals surface area (Å²) >= 11 is 5.73. The molecule has 0 saturated carbocycles. The van der Waals surface area contributed by atoms with Crippen molar-refractivity contribution in [2.24, 2.45) is 0 Å². The lowest BCUT2D eigenvalue weighted by atomic mass is 10.1. The lowest BCUT2D eigenvalue weighted by Crippen LogP contribution is -2.25. The van der Waals surface area contributed by atoms with E-state index in [4.69, 9.17) is 16.7 Å². The van der Waals surface area contributed by atoms with Gasteiger partial charge in [-0.3, -0.25) is 4.79 Å². The molecule has 0 radical (unpaired) electrons. The SMILES string of the molecule is C[C@@H](NCC(=O)O)c1ccc(Cl)cc1. The summed E-state index contributed by atoms with van der Waals surface area (Å²) in [5.74, 6) is -0.856. The van der Waals surface area contributed by atoms with Crippen LogP contribution in [0.15, 0.2) is 24.3 Å². The second-order valence-corrected chi connectivity index (χ2v) is 3.48. The maximum atomic E-state index is 10.3. The van der Waals surface area contributed by atoms with E-state index in [1.807, 2.05) is 19.1 Å². The molecule has 0 spiro atoms. The lowest BCUT2D eigenvalue weighted by molar-refractivity contribution is -0.136. The van der Waals surface area contributed by atoms with Gasteiger partial charge in [-0.15, -0.1) is 0 Å². The van der Waals surface area contributed by atoms with Crippen molar-refractivity contribution in [3.05, 3.63) is 34.9 Å². The van der Waals surface area contributed by atoms with Crippen LogP contribution in [-0.4, -0.2) is 17.6 Å². The number of hydrogen-bond acceptors (Lipinski definition) is 2. The molecular formula is C10H12ClNO2. The minimum Gasteiger partial charge on any atom is -0.480 e. The van der Waals surface area contributed by atoms with Crippen LogP contribution in [0.3, 0.4) is 0 Å². The van der Waals surface area contributed by atoms with Gasteiger partial charge in [-0.05, 0) is 24.6 Å². The zero-order valence-corrected chi connectivity index (χ0v) is 8.58. The van der Waals surface area contributed by atoms with E-state index in [0.717, 1.165) is 5.56 Å². The Kier molecular flexibility index (Phi) is 3.92. The molecular weight excluding hydrogens is 202 g/mol. The number of rotatable bonds is 4. The van der Waals surface area contributed by atoms with Crippen molar-refractivity contribution in [2.75, 3.05) is 6.54 Å². The van der Waals surface area contributed by atoms with Crippen LogP contribution in [0.25, 0.3) is 0 Å². The highest BCUT2D eigenvalue weighted by molar-refractivity contribution is 6.30. The van der Waals surface area contributed by atoms with Crippen LogP contribution in [-0.2, 0) is 4.79 Å². The van der Waals surface area contributed by atoms with Crippen molar-refractivity contribution in [3.8, 4) is 0 Å². The topological polar surface area (TPSA) is 49.3 Å². The molecule has 14 heavy (non-hydrogen) atoms. The van der Waals surface area contributed by atoms with Gasteiger partial charge in [0, 0.05) is 11.1 Å². The fourth-order valence-electron chi connectivity index (χ4n) is 1.11. The van der Waals surface area contributed by atoms with Crippen LogP contribution in [0.4, 0.5) is 0 Å². The lowest BCUT2D eigenvalue weighted by Gasteiger charge is -2.12. The average molecular weight is 214 g/mol. The van der Waals surface area contributed by atoms with Crippen molar-refractivity contribution >= 4 is 17.6 Å². The molecule has 0 fully saturated rings. The molecule has 0 aliphatic carbocycles. The summed E-state index contributed by atoms with van der Waals surface area (Å²) in [7, 11) is 0. The number of benzene rings is 1. The van der Waals surface area contributed by atoms with E-state index < -0.39 is 5.97 Å². The van der Waals surface area contributed by atoms with Crippen molar-refractivity contribution < 1.29 is 9.90 Å². The minimum absolute atomic E-state index is 0.0170. The minimum atomic E-state index is -0.856. The number of nitrogens with one attached hydrogen (secondary N) is 1. The number of hydrogen-bond donors (Lipinski definition) is 2. The number of halogens is 1. The Morgan fingerprint density at radius 2 is 2.07 bits per heavy atom. The molecule has 0 unspecified atom stereocenters. The Balaban J connectivity index is 2.56. The highest BCUT2D eigenvalue weighted by Crippen LogP contribution is 2.15.